The van der Waals surface area contributed by atoms with Crippen LogP contribution in [0.1, 0.15) is 21.5 Å². The van der Waals surface area contributed by atoms with Crippen molar-refractivity contribution in [2.45, 2.75) is 10.6 Å². The van der Waals surface area contributed by atoms with Crippen LogP contribution in [0.4, 0.5) is 5.69 Å². The molecule has 1 N–H and O–H groups in total. The van der Waals surface area contributed by atoms with E-state index >= 15 is 0 Å². The molecule has 0 aliphatic carbocycles. The Morgan fingerprint density at radius 2 is 1.58 bits per heavy atom. The minimum absolute atomic E-state index is 0.209. The third kappa shape index (κ3) is 5.16. The zero-order valence-electron chi connectivity index (χ0n) is 16.5. The van der Waals surface area contributed by atoms with Gasteiger partial charge >= 0.3 is 0 Å². The van der Waals surface area contributed by atoms with Crippen molar-refractivity contribution in [2.75, 3.05) is 5.32 Å². The number of benzene rings is 3. The number of nitriles is 1. The van der Waals surface area contributed by atoms with Crippen LogP contribution in [0.15, 0.2) is 96.2 Å². The molecule has 3 aromatic carbocycles. The van der Waals surface area contributed by atoms with Gasteiger partial charge < -0.3 is 5.32 Å². The van der Waals surface area contributed by atoms with Gasteiger partial charge in [-0.1, -0.05) is 54.6 Å². The Morgan fingerprint density at radius 1 is 0.903 bits per heavy atom. The van der Waals surface area contributed by atoms with Gasteiger partial charge in [0, 0.05) is 16.2 Å². The summed E-state index contributed by atoms with van der Waals surface area (Å²) >= 11 is 1.58. The van der Waals surface area contributed by atoms with Crippen molar-refractivity contribution in [3.63, 3.8) is 0 Å². The monoisotopic (exact) mass is 422 g/mol. The predicted molar refractivity (Wildman–Crippen MR) is 123 cm³/mol. The highest BCUT2D eigenvalue weighted by molar-refractivity contribution is 7.98. The Bertz CT molecular complexity index is 1220. The van der Waals surface area contributed by atoms with Crippen molar-refractivity contribution >= 4 is 23.4 Å². The highest BCUT2D eigenvalue weighted by atomic mass is 32.2. The molecule has 0 atom stereocenters. The summed E-state index contributed by atoms with van der Waals surface area (Å²) in [6.45, 7) is 0. The fourth-order valence-electron chi connectivity index (χ4n) is 2.94. The summed E-state index contributed by atoms with van der Waals surface area (Å²) in [5.41, 5.74) is 3.77. The second kappa shape index (κ2) is 9.70. The van der Waals surface area contributed by atoms with E-state index in [1.165, 1.54) is 0 Å². The molecule has 5 nitrogen and oxygen atoms in total. The van der Waals surface area contributed by atoms with Gasteiger partial charge in [-0.15, -0.1) is 11.8 Å². The number of thioether (sulfide) groups is 1. The lowest BCUT2D eigenvalue weighted by molar-refractivity contribution is 0.102. The summed E-state index contributed by atoms with van der Waals surface area (Å²) in [4.78, 5) is 22.5. The summed E-state index contributed by atoms with van der Waals surface area (Å²) in [5, 5.41) is 11.8. The summed E-state index contributed by atoms with van der Waals surface area (Å²) in [6, 6.07) is 26.7. The van der Waals surface area contributed by atoms with Crippen molar-refractivity contribution in [2.24, 2.45) is 0 Å². The van der Waals surface area contributed by atoms with Crippen LogP contribution < -0.4 is 5.32 Å². The van der Waals surface area contributed by atoms with Crippen LogP contribution in [-0.4, -0.2) is 15.9 Å². The van der Waals surface area contributed by atoms with E-state index in [1.54, 1.807) is 42.4 Å². The summed E-state index contributed by atoms with van der Waals surface area (Å²) in [6.07, 6.45) is 3.22. The predicted octanol–water partition coefficient (Wildman–Crippen LogP) is 5.56. The zero-order valence-corrected chi connectivity index (χ0v) is 17.3. The fourth-order valence-corrected chi connectivity index (χ4v) is 3.95. The molecule has 4 aromatic rings. The van der Waals surface area contributed by atoms with Gasteiger partial charge in [-0.3, -0.25) is 4.79 Å². The first kappa shape index (κ1) is 20.3. The largest absolute Gasteiger partial charge is 0.319 e. The molecule has 0 spiro atoms. The number of rotatable bonds is 6. The van der Waals surface area contributed by atoms with E-state index in [4.69, 9.17) is 5.26 Å². The standard InChI is InChI=1S/C25H18N4OS/c26-14-18-10-12-19(13-11-18)17-31-23-9-5-4-8-22(23)25(30)29-21-15-27-24(28-16-21)20-6-2-1-3-7-20/h1-13,15-16H,17H2,(H,29,30). The number of hydrogen-bond donors (Lipinski definition) is 1. The molecule has 1 amide bonds. The summed E-state index contributed by atoms with van der Waals surface area (Å²) in [5.74, 6) is 1.10. The van der Waals surface area contributed by atoms with E-state index in [-0.39, 0.29) is 5.91 Å². The number of aromatic nitrogens is 2. The molecular weight excluding hydrogens is 404 g/mol. The molecule has 6 heteroatoms. The first-order valence-corrected chi connectivity index (χ1v) is 10.6. The maximum absolute atomic E-state index is 12.9. The Hall–Kier alpha value is -3.95. The Labute approximate surface area is 184 Å². The van der Waals surface area contributed by atoms with Crippen LogP contribution in [0.25, 0.3) is 11.4 Å². The number of hydrogen-bond acceptors (Lipinski definition) is 5. The maximum atomic E-state index is 12.9. The summed E-state index contributed by atoms with van der Waals surface area (Å²) < 4.78 is 0. The molecule has 0 fully saturated rings. The summed E-state index contributed by atoms with van der Waals surface area (Å²) in [7, 11) is 0. The van der Waals surface area contributed by atoms with Crippen molar-refractivity contribution in [1.82, 2.24) is 9.97 Å². The SMILES string of the molecule is N#Cc1ccc(CSc2ccccc2C(=O)Nc2cnc(-c3ccccc3)nc2)cc1. The second-order valence-corrected chi connectivity index (χ2v) is 7.73. The highest BCUT2D eigenvalue weighted by Crippen LogP contribution is 2.27. The van der Waals surface area contributed by atoms with Crippen molar-refractivity contribution < 1.29 is 4.79 Å². The van der Waals surface area contributed by atoms with Crippen LogP contribution in [0.5, 0.6) is 0 Å². The maximum Gasteiger partial charge on any atom is 0.256 e. The number of nitrogens with one attached hydrogen (secondary N) is 1. The number of carbonyl (C=O) groups is 1. The van der Waals surface area contributed by atoms with Crippen molar-refractivity contribution in [3.05, 3.63) is 108 Å². The quantitative estimate of drug-likeness (QED) is 0.412. The van der Waals surface area contributed by atoms with Crippen molar-refractivity contribution in [1.29, 1.82) is 5.26 Å². The van der Waals surface area contributed by atoms with Crippen LogP contribution in [0.3, 0.4) is 0 Å². The lowest BCUT2D eigenvalue weighted by atomic mass is 10.2. The molecule has 0 unspecified atom stereocenters. The molecule has 1 heterocycles. The Morgan fingerprint density at radius 3 is 2.29 bits per heavy atom. The molecule has 150 valence electrons. The molecule has 0 radical (unpaired) electrons. The topological polar surface area (TPSA) is 78.7 Å². The molecule has 1 aromatic heterocycles. The van der Waals surface area contributed by atoms with E-state index in [0.29, 0.717) is 28.4 Å². The Balaban J connectivity index is 1.44. The average molecular weight is 423 g/mol. The number of nitrogens with zero attached hydrogens (tertiary/aromatic N) is 3. The molecule has 0 saturated carbocycles. The van der Waals surface area contributed by atoms with Crippen LogP contribution in [0, 0.1) is 11.3 Å². The van der Waals surface area contributed by atoms with Gasteiger partial charge in [-0.25, -0.2) is 9.97 Å². The second-order valence-electron chi connectivity index (χ2n) is 6.71. The minimum Gasteiger partial charge on any atom is -0.319 e. The van der Waals surface area contributed by atoms with Gasteiger partial charge in [-0.2, -0.15) is 5.26 Å². The van der Waals surface area contributed by atoms with E-state index < -0.39 is 0 Å². The molecule has 4 rings (SSSR count). The van der Waals surface area contributed by atoms with Crippen LogP contribution >= 0.6 is 11.8 Å². The van der Waals surface area contributed by atoms with Crippen LogP contribution in [0.2, 0.25) is 0 Å². The third-order valence-corrected chi connectivity index (χ3v) is 5.70. The number of carbonyl (C=O) groups excluding carboxylic acids is 1. The lowest BCUT2D eigenvalue weighted by Gasteiger charge is -2.10. The van der Waals surface area contributed by atoms with E-state index in [1.807, 2.05) is 60.7 Å². The first-order chi connectivity index (χ1) is 15.2. The van der Waals surface area contributed by atoms with Crippen LogP contribution in [-0.2, 0) is 5.75 Å². The lowest BCUT2D eigenvalue weighted by Crippen LogP contribution is -2.13. The average Bonchev–Trinajstić information content (AvgIpc) is 2.84. The van der Waals surface area contributed by atoms with Gasteiger partial charge in [0.25, 0.3) is 5.91 Å². The van der Waals surface area contributed by atoms with Gasteiger partial charge in [0.05, 0.1) is 35.3 Å². The van der Waals surface area contributed by atoms with Gasteiger partial charge in [0.15, 0.2) is 5.82 Å². The van der Waals surface area contributed by atoms with E-state index in [2.05, 4.69) is 21.4 Å². The molecule has 0 saturated heterocycles. The van der Waals surface area contributed by atoms with E-state index in [0.717, 1.165) is 16.0 Å². The molecule has 0 bridgehead atoms. The molecule has 31 heavy (non-hydrogen) atoms. The molecular formula is C25H18N4OS. The van der Waals surface area contributed by atoms with Gasteiger partial charge in [0.2, 0.25) is 0 Å². The third-order valence-electron chi connectivity index (χ3n) is 4.55. The first-order valence-electron chi connectivity index (χ1n) is 9.62. The fraction of sp³-hybridized carbons (Fsp3) is 0.0400. The molecule has 0 aliphatic heterocycles. The zero-order chi connectivity index (χ0) is 21.5. The molecule has 0 aliphatic rings. The smallest absolute Gasteiger partial charge is 0.256 e. The normalized spacial score (nSPS) is 10.3. The van der Waals surface area contributed by atoms with Crippen molar-refractivity contribution in [3.8, 4) is 17.5 Å². The minimum atomic E-state index is -0.209. The highest BCUT2D eigenvalue weighted by Gasteiger charge is 2.12. The van der Waals surface area contributed by atoms with Gasteiger partial charge in [0.1, 0.15) is 0 Å². The number of anilines is 1. The Kier molecular flexibility index (Phi) is 6.36. The number of amides is 1. The van der Waals surface area contributed by atoms with Gasteiger partial charge in [-0.05, 0) is 29.8 Å². The van der Waals surface area contributed by atoms with E-state index in [9.17, 15) is 4.79 Å².